The molecule has 16 heavy (non-hydrogen) atoms. The zero-order chi connectivity index (χ0) is 12.8. The maximum absolute atomic E-state index is 12.1. The van der Waals surface area contributed by atoms with Crippen LogP contribution in [0.4, 0.5) is 0 Å². The lowest BCUT2D eigenvalue weighted by atomic mass is 10.4. The topological polar surface area (TPSA) is 66.6 Å². The van der Waals surface area contributed by atoms with E-state index in [1.807, 2.05) is 13.2 Å². The average Bonchev–Trinajstić information content (AvgIpc) is 2.24. The lowest BCUT2D eigenvalue weighted by Crippen LogP contribution is -2.45. The summed E-state index contributed by atoms with van der Waals surface area (Å²) in [6.45, 7) is 2.88. The number of hydrogen-bond donors (Lipinski definition) is 1. The lowest BCUT2D eigenvalue weighted by molar-refractivity contribution is 0.359. The van der Waals surface area contributed by atoms with Gasteiger partial charge in [-0.15, -0.1) is 0 Å². The average molecular weight is 269 g/mol. The second kappa shape index (κ2) is 7.50. The largest absolute Gasteiger partial charge is 0.330 e. The van der Waals surface area contributed by atoms with Crippen molar-refractivity contribution in [3.05, 3.63) is 0 Å². The maximum Gasteiger partial charge on any atom is 0.281 e. The van der Waals surface area contributed by atoms with Gasteiger partial charge >= 0.3 is 0 Å². The van der Waals surface area contributed by atoms with E-state index < -0.39 is 10.2 Å². The molecule has 1 atom stereocenters. The molecule has 0 aromatic carbocycles. The summed E-state index contributed by atoms with van der Waals surface area (Å²) in [6.07, 6.45) is 2.65. The van der Waals surface area contributed by atoms with E-state index in [0.717, 1.165) is 5.75 Å². The van der Waals surface area contributed by atoms with E-state index >= 15 is 0 Å². The van der Waals surface area contributed by atoms with Crippen molar-refractivity contribution in [2.24, 2.45) is 5.73 Å². The van der Waals surface area contributed by atoms with Crippen molar-refractivity contribution in [3.63, 3.8) is 0 Å². The van der Waals surface area contributed by atoms with Crippen LogP contribution in [0.15, 0.2) is 0 Å². The van der Waals surface area contributed by atoms with Crippen LogP contribution in [0.2, 0.25) is 0 Å². The molecular formula is C9H23N3O2S2. The van der Waals surface area contributed by atoms with E-state index in [9.17, 15) is 8.42 Å². The van der Waals surface area contributed by atoms with E-state index in [1.165, 1.54) is 8.61 Å². The van der Waals surface area contributed by atoms with E-state index in [2.05, 4.69) is 0 Å². The van der Waals surface area contributed by atoms with Crippen molar-refractivity contribution in [3.8, 4) is 0 Å². The molecule has 98 valence electrons. The van der Waals surface area contributed by atoms with Crippen LogP contribution in [0.5, 0.6) is 0 Å². The number of rotatable bonds is 8. The summed E-state index contributed by atoms with van der Waals surface area (Å²) in [4.78, 5) is 0. The molecule has 0 aliphatic heterocycles. The minimum atomic E-state index is -3.33. The highest BCUT2D eigenvalue weighted by atomic mass is 32.2. The molecule has 1 unspecified atom stereocenters. The van der Waals surface area contributed by atoms with E-state index in [1.54, 1.807) is 25.9 Å². The van der Waals surface area contributed by atoms with Crippen LogP contribution in [-0.2, 0) is 10.2 Å². The van der Waals surface area contributed by atoms with Gasteiger partial charge < -0.3 is 5.73 Å². The molecule has 0 radical (unpaired) electrons. The first kappa shape index (κ1) is 16.2. The molecule has 0 aliphatic rings. The van der Waals surface area contributed by atoms with Gasteiger partial charge in [0, 0.05) is 32.4 Å². The molecule has 0 aromatic heterocycles. The van der Waals surface area contributed by atoms with Gasteiger partial charge in [0.15, 0.2) is 0 Å². The molecule has 2 N–H and O–H groups in total. The first-order valence-corrected chi connectivity index (χ1v) is 8.05. The van der Waals surface area contributed by atoms with Crippen molar-refractivity contribution in [2.45, 2.75) is 19.4 Å². The van der Waals surface area contributed by atoms with Crippen LogP contribution in [0.1, 0.15) is 13.3 Å². The molecule has 0 bridgehead atoms. The summed E-state index contributed by atoms with van der Waals surface area (Å²) in [5, 5.41) is 0. The monoisotopic (exact) mass is 269 g/mol. The van der Waals surface area contributed by atoms with Crippen LogP contribution >= 0.6 is 11.8 Å². The van der Waals surface area contributed by atoms with Gasteiger partial charge in [-0.1, -0.05) is 0 Å². The fourth-order valence-electron chi connectivity index (χ4n) is 1.22. The van der Waals surface area contributed by atoms with E-state index in [4.69, 9.17) is 5.73 Å². The Morgan fingerprint density at radius 2 is 1.94 bits per heavy atom. The summed E-state index contributed by atoms with van der Waals surface area (Å²) < 4.78 is 26.9. The molecule has 0 aromatic rings. The highest BCUT2D eigenvalue weighted by molar-refractivity contribution is 7.98. The van der Waals surface area contributed by atoms with Crippen molar-refractivity contribution in [1.29, 1.82) is 0 Å². The standard InChI is InChI=1S/C9H23N3O2S2/c1-9(8-15-4)12(3)16(13,14)11(2)7-5-6-10/h9H,5-8,10H2,1-4H3. The lowest BCUT2D eigenvalue weighted by Gasteiger charge is -2.28. The third kappa shape index (κ3) is 4.58. The zero-order valence-electron chi connectivity index (χ0n) is 10.5. The van der Waals surface area contributed by atoms with Crippen LogP contribution in [-0.4, -0.2) is 62.3 Å². The molecule has 0 rings (SSSR count). The third-order valence-electron chi connectivity index (χ3n) is 2.46. The van der Waals surface area contributed by atoms with Gasteiger partial charge in [0.05, 0.1) is 0 Å². The van der Waals surface area contributed by atoms with Gasteiger partial charge in [-0.05, 0) is 26.1 Å². The summed E-state index contributed by atoms with van der Waals surface area (Å²) >= 11 is 1.64. The highest BCUT2D eigenvalue weighted by Gasteiger charge is 2.26. The fourth-order valence-corrected chi connectivity index (χ4v) is 3.35. The zero-order valence-corrected chi connectivity index (χ0v) is 12.1. The molecule has 0 aliphatic carbocycles. The fraction of sp³-hybridized carbons (Fsp3) is 1.00. The van der Waals surface area contributed by atoms with Gasteiger partial charge in [-0.3, -0.25) is 0 Å². The summed E-state index contributed by atoms with van der Waals surface area (Å²) in [5.41, 5.74) is 5.37. The summed E-state index contributed by atoms with van der Waals surface area (Å²) in [7, 11) is -0.124. The second-order valence-electron chi connectivity index (χ2n) is 3.79. The normalized spacial score (nSPS) is 14.7. The Morgan fingerprint density at radius 1 is 1.38 bits per heavy atom. The molecule has 0 saturated heterocycles. The molecule has 0 amide bonds. The number of nitrogens with zero attached hydrogens (tertiary/aromatic N) is 2. The summed E-state index contributed by atoms with van der Waals surface area (Å²) in [5.74, 6) is 0.792. The van der Waals surface area contributed by atoms with Gasteiger partial charge in [0.1, 0.15) is 0 Å². The van der Waals surface area contributed by atoms with E-state index in [0.29, 0.717) is 19.5 Å². The molecule has 0 saturated carbocycles. The minimum absolute atomic E-state index is 0.000302. The number of hydrogen-bond acceptors (Lipinski definition) is 4. The Hall–Kier alpha value is 0.180. The summed E-state index contributed by atoms with van der Waals surface area (Å²) in [6, 6.07) is 0.000302. The Kier molecular flexibility index (Phi) is 7.58. The minimum Gasteiger partial charge on any atom is -0.330 e. The van der Waals surface area contributed by atoms with Gasteiger partial charge in [-0.25, -0.2) is 0 Å². The maximum atomic E-state index is 12.1. The van der Waals surface area contributed by atoms with Crippen molar-refractivity contribution >= 4 is 22.0 Å². The molecule has 0 spiro atoms. The second-order valence-corrected chi connectivity index (χ2v) is 6.80. The smallest absolute Gasteiger partial charge is 0.281 e. The molecular weight excluding hydrogens is 246 g/mol. The number of nitrogens with two attached hydrogens (primary N) is 1. The number of thioether (sulfide) groups is 1. The van der Waals surface area contributed by atoms with Crippen LogP contribution < -0.4 is 5.73 Å². The highest BCUT2D eigenvalue weighted by Crippen LogP contribution is 2.11. The first-order chi connectivity index (χ1) is 7.37. The van der Waals surface area contributed by atoms with Crippen LogP contribution in [0.3, 0.4) is 0 Å². The molecule has 7 heteroatoms. The Labute approximate surface area is 104 Å². The predicted octanol–water partition coefficient (Wildman–Crippen LogP) is 0.195. The van der Waals surface area contributed by atoms with Crippen molar-refractivity contribution in [2.75, 3.05) is 39.2 Å². The third-order valence-corrected chi connectivity index (χ3v) is 5.34. The Balaban J connectivity index is 4.51. The van der Waals surface area contributed by atoms with Crippen molar-refractivity contribution < 1.29 is 8.42 Å². The van der Waals surface area contributed by atoms with E-state index in [-0.39, 0.29) is 6.04 Å². The Morgan fingerprint density at radius 3 is 2.38 bits per heavy atom. The molecule has 0 heterocycles. The first-order valence-electron chi connectivity index (χ1n) is 5.26. The van der Waals surface area contributed by atoms with Crippen molar-refractivity contribution in [1.82, 2.24) is 8.61 Å². The SMILES string of the molecule is CSCC(C)N(C)S(=O)(=O)N(C)CCCN. The van der Waals surface area contributed by atoms with Gasteiger partial charge in [-0.2, -0.15) is 28.8 Å². The molecule has 5 nitrogen and oxygen atoms in total. The van der Waals surface area contributed by atoms with Crippen LogP contribution in [0.25, 0.3) is 0 Å². The predicted molar refractivity (Wildman–Crippen MR) is 70.8 cm³/mol. The quantitative estimate of drug-likeness (QED) is 0.683. The van der Waals surface area contributed by atoms with Gasteiger partial charge in [0.2, 0.25) is 0 Å². The van der Waals surface area contributed by atoms with Crippen LogP contribution in [0, 0.1) is 0 Å². The Bertz CT molecular complexity index is 282. The van der Waals surface area contributed by atoms with Gasteiger partial charge in [0.25, 0.3) is 10.2 Å². The molecule has 0 fully saturated rings.